The quantitative estimate of drug-likeness (QED) is 0.788. The molecule has 2 heterocycles. The molecule has 1 aliphatic heterocycles. The number of aromatic nitrogens is 2. The first-order valence-electron chi connectivity index (χ1n) is 9.03. The second-order valence-electron chi connectivity index (χ2n) is 6.59. The summed E-state index contributed by atoms with van der Waals surface area (Å²) in [4.78, 5) is 26.6. The normalized spacial score (nSPS) is 17.0. The Morgan fingerprint density at radius 3 is 2.92 bits per heavy atom. The first-order chi connectivity index (χ1) is 12.6. The lowest BCUT2D eigenvalue weighted by molar-refractivity contribution is 0.0705. The minimum atomic E-state index is -0.251. The summed E-state index contributed by atoms with van der Waals surface area (Å²) >= 11 is 0. The monoisotopic (exact) mass is 355 g/mol. The van der Waals surface area contributed by atoms with Crippen LogP contribution in [0.2, 0.25) is 0 Å². The number of carbonyl (C=O) groups is 2. The van der Waals surface area contributed by atoms with Gasteiger partial charge in [-0.25, -0.2) is 4.79 Å². The van der Waals surface area contributed by atoms with Crippen LogP contribution in [0.25, 0.3) is 0 Å². The number of likely N-dealkylation sites (tertiary alicyclic amines) is 1. The highest BCUT2D eigenvalue weighted by molar-refractivity contribution is 5.95. The summed E-state index contributed by atoms with van der Waals surface area (Å²) in [5.41, 5.74) is 3.28. The molecule has 0 radical (unpaired) electrons. The van der Waals surface area contributed by atoms with Gasteiger partial charge in [0.25, 0.3) is 5.91 Å². The van der Waals surface area contributed by atoms with Crippen molar-refractivity contribution in [3.05, 3.63) is 47.3 Å². The molecule has 3 N–H and O–H groups in total. The third kappa shape index (κ3) is 3.87. The van der Waals surface area contributed by atoms with E-state index >= 15 is 0 Å². The summed E-state index contributed by atoms with van der Waals surface area (Å²) in [6.45, 7) is 5.74. The molecule has 3 rings (SSSR count). The van der Waals surface area contributed by atoms with E-state index in [1.54, 1.807) is 6.20 Å². The summed E-state index contributed by atoms with van der Waals surface area (Å²) in [6, 6.07) is 7.41. The van der Waals surface area contributed by atoms with E-state index < -0.39 is 0 Å². The van der Waals surface area contributed by atoms with E-state index in [1.165, 1.54) is 0 Å². The van der Waals surface area contributed by atoms with Crippen LogP contribution >= 0.6 is 0 Å². The molecule has 1 atom stereocenters. The lowest BCUT2D eigenvalue weighted by Gasteiger charge is -2.33. The Labute approximate surface area is 153 Å². The van der Waals surface area contributed by atoms with Gasteiger partial charge in [0.15, 0.2) is 0 Å². The fourth-order valence-corrected chi connectivity index (χ4v) is 3.41. The highest BCUT2D eigenvalue weighted by Crippen LogP contribution is 2.31. The molecule has 1 aliphatic rings. The molecule has 0 aliphatic carbocycles. The Kier molecular flexibility index (Phi) is 5.55. The van der Waals surface area contributed by atoms with Crippen LogP contribution in [0.1, 0.15) is 47.3 Å². The third-order valence-electron chi connectivity index (χ3n) is 4.75. The van der Waals surface area contributed by atoms with Gasteiger partial charge in [0, 0.05) is 31.1 Å². The zero-order chi connectivity index (χ0) is 18.5. The minimum absolute atomic E-state index is 0.0607. The van der Waals surface area contributed by atoms with E-state index in [9.17, 15) is 9.59 Å². The number of anilines is 1. The molecule has 7 nitrogen and oxygen atoms in total. The molecule has 1 saturated heterocycles. The van der Waals surface area contributed by atoms with Crippen molar-refractivity contribution in [2.45, 2.75) is 32.6 Å². The van der Waals surface area contributed by atoms with Crippen LogP contribution < -0.4 is 10.6 Å². The van der Waals surface area contributed by atoms with Crippen LogP contribution in [0, 0.1) is 6.92 Å². The topological polar surface area (TPSA) is 90.1 Å². The number of hydrogen-bond donors (Lipinski definition) is 3. The van der Waals surface area contributed by atoms with Crippen molar-refractivity contribution in [2.24, 2.45) is 0 Å². The number of aryl methyl sites for hydroxylation is 1. The SMILES string of the molecule is CCNC(=O)Nc1cn[nH]c1[C@@H]1CCCN(C(=O)c2ccccc2C)C1. The Hall–Kier alpha value is -2.83. The molecule has 1 fully saturated rings. The number of rotatable bonds is 4. The largest absolute Gasteiger partial charge is 0.338 e. The summed E-state index contributed by atoms with van der Waals surface area (Å²) < 4.78 is 0. The average Bonchev–Trinajstić information content (AvgIpc) is 3.10. The van der Waals surface area contributed by atoms with E-state index in [2.05, 4.69) is 20.8 Å². The van der Waals surface area contributed by atoms with Crippen molar-refractivity contribution in [3.63, 3.8) is 0 Å². The van der Waals surface area contributed by atoms with Gasteiger partial charge in [-0.3, -0.25) is 9.89 Å². The van der Waals surface area contributed by atoms with Gasteiger partial charge >= 0.3 is 6.03 Å². The summed E-state index contributed by atoms with van der Waals surface area (Å²) in [5, 5.41) is 12.6. The summed E-state index contributed by atoms with van der Waals surface area (Å²) in [6.07, 6.45) is 3.48. The van der Waals surface area contributed by atoms with Crippen LogP contribution in [0.15, 0.2) is 30.5 Å². The van der Waals surface area contributed by atoms with Crippen molar-refractivity contribution in [1.29, 1.82) is 0 Å². The number of H-pyrrole nitrogens is 1. The van der Waals surface area contributed by atoms with Gasteiger partial charge in [0.1, 0.15) is 0 Å². The molecule has 0 saturated carbocycles. The van der Waals surface area contributed by atoms with Gasteiger partial charge < -0.3 is 15.5 Å². The molecule has 1 aromatic heterocycles. The molecular weight excluding hydrogens is 330 g/mol. The number of benzene rings is 1. The number of amides is 3. The first-order valence-corrected chi connectivity index (χ1v) is 9.03. The van der Waals surface area contributed by atoms with Crippen LogP contribution in [0.4, 0.5) is 10.5 Å². The molecule has 0 spiro atoms. The molecule has 2 aromatic rings. The first kappa shape index (κ1) is 18.0. The maximum atomic E-state index is 12.9. The molecule has 3 amide bonds. The van der Waals surface area contributed by atoms with Gasteiger partial charge in [-0.1, -0.05) is 18.2 Å². The second kappa shape index (κ2) is 8.03. The highest BCUT2D eigenvalue weighted by Gasteiger charge is 2.28. The number of hydrogen-bond acceptors (Lipinski definition) is 3. The maximum Gasteiger partial charge on any atom is 0.319 e. The predicted molar refractivity (Wildman–Crippen MR) is 100 cm³/mol. The van der Waals surface area contributed by atoms with Gasteiger partial charge in [0.2, 0.25) is 0 Å². The minimum Gasteiger partial charge on any atom is -0.338 e. The Balaban J connectivity index is 1.73. The Morgan fingerprint density at radius 1 is 1.35 bits per heavy atom. The molecule has 0 bridgehead atoms. The summed E-state index contributed by atoms with van der Waals surface area (Å²) in [5.74, 6) is 0.182. The number of piperidine rings is 1. The fraction of sp³-hybridized carbons (Fsp3) is 0.421. The number of urea groups is 1. The van der Waals surface area contributed by atoms with E-state index in [1.807, 2.05) is 43.0 Å². The Bertz CT molecular complexity index is 786. The van der Waals surface area contributed by atoms with Crippen molar-refractivity contribution in [1.82, 2.24) is 20.4 Å². The van der Waals surface area contributed by atoms with E-state index in [0.29, 0.717) is 18.8 Å². The molecule has 0 unspecified atom stereocenters. The van der Waals surface area contributed by atoms with Gasteiger partial charge in [-0.05, 0) is 38.3 Å². The van der Waals surface area contributed by atoms with Crippen LogP contribution in [0.3, 0.4) is 0 Å². The lowest BCUT2D eigenvalue weighted by Crippen LogP contribution is -2.39. The zero-order valence-electron chi connectivity index (χ0n) is 15.2. The molecular formula is C19H25N5O2. The lowest BCUT2D eigenvalue weighted by atomic mass is 9.93. The van der Waals surface area contributed by atoms with E-state index in [4.69, 9.17) is 0 Å². The standard InChI is InChI=1S/C19H25N5O2/c1-3-20-19(26)22-16-11-21-23-17(16)14-8-6-10-24(12-14)18(25)15-9-5-4-7-13(15)2/h4-5,7,9,11,14H,3,6,8,10,12H2,1-2H3,(H,21,23)(H2,20,22,26)/t14-/m1/s1. The van der Waals surface area contributed by atoms with E-state index in [-0.39, 0.29) is 17.9 Å². The molecule has 138 valence electrons. The Morgan fingerprint density at radius 2 is 2.15 bits per heavy atom. The fourth-order valence-electron chi connectivity index (χ4n) is 3.41. The van der Waals surface area contributed by atoms with Crippen LogP contribution in [-0.2, 0) is 0 Å². The van der Waals surface area contributed by atoms with Crippen LogP contribution in [-0.4, -0.2) is 46.7 Å². The van der Waals surface area contributed by atoms with Gasteiger partial charge in [0.05, 0.1) is 17.6 Å². The number of nitrogens with zero attached hydrogens (tertiary/aromatic N) is 2. The second-order valence-corrected chi connectivity index (χ2v) is 6.59. The summed E-state index contributed by atoms with van der Waals surface area (Å²) in [7, 11) is 0. The van der Waals surface area contributed by atoms with E-state index in [0.717, 1.165) is 36.2 Å². The number of nitrogens with one attached hydrogen (secondary N) is 3. The molecule has 7 heteroatoms. The van der Waals surface area contributed by atoms with Crippen molar-refractivity contribution >= 4 is 17.6 Å². The van der Waals surface area contributed by atoms with Crippen molar-refractivity contribution in [2.75, 3.05) is 25.0 Å². The third-order valence-corrected chi connectivity index (χ3v) is 4.75. The molecule has 1 aromatic carbocycles. The highest BCUT2D eigenvalue weighted by atomic mass is 16.2. The van der Waals surface area contributed by atoms with Gasteiger partial charge in [-0.15, -0.1) is 0 Å². The molecule has 26 heavy (non-hydrogen) atoms. The van der Waals surface area contributed by atoms with Crippen LogP contribution in [0.5, 0.6) is 0 Å². The number of aromatic amines is 1. The van der Waals surface area contributed by atoms with Gasteiger partial charge in [-0.2, -0.15) is 5.10 Å². The predicted octanol–water partition coefficient (Wildman–Crippen LogP) is 2.88. The van der Waals surface area contributed by atoms with Crippen molar-refractivity contribution < 1.29 is 9.59 Å². The smallest absolute Gasteiger partial charge is 0.319 e. The maximum absolute atomic E-state index is 12.9. The average molecular weight is 355 g/mol. The van der Waals surface area contributed by atoms with Crippen molar-refractivity contribution in [3.8, 4) is 0 Å². The zero-order valence-corrected chi connectivity index (χ0v) is 15.2. The number of carbonyl (C=O) groups excluding carboxylic acids is 2.